The Morgan fingerprint density at radius 2 is 1.60 bits per heavy atom. The molecule has 0 N–H and O–H groups in total. The van der Waals surface area contributed by atoms with E-state index < -0.39 is 0 Å². The van der Waals surface area contributed by atoms with E-state index in [4.69, 9.17) is 0 Å². The number of hydrogen-bond acceptors (Lipinski definition) is 1. The van der Waals surface area contributed by atoms with E-state index in [0.717, 1.165) is 43.8 Å². The largest absolute Gasteiger partial charge is 0.300 e. The Labute approximate surface area is 92.7 Å². The van der Waals surface area contributed by atoms with Gasteiger partial charge < -0.3 is 0 Å². The Kier molecular flexibility index (Phi) is 2.73. The normalized spacial score (nSPS) is 39.8. The Balaban J connectivity index is 1.53. The summed E-state index contributed by atoms with van der Waals surface area (Å²) in [7, 11) is 0. The van der Waals surface area contributed by atoms with E-state index in [9.17, 15) is 5.11 Å². The minimum atomic E-state index is -0.261. The molecule has 85 valence electrons. The van der Waals surface area contributed by atoms with Gasteiger partial charge in [0.25, 0.3) is 0 Å². The zero-order chi connectivity index (χ0) is 10.3. The van der Waals surface area contributed by atoms with Gasteiger partial charge in [0.15, 0.2) is 0 Å². The lowest BCUT2D eigenvalue weighted by Gasteiger charge is -2.51. The smallest absolute Gasteiger partial charge is 0.0954 e. The van der Waals surface area contributed by atoms with E-state index in [-0.39, 0.29) is 6.10 Å². The predicted molar refractivity (Wildman–Crippen MR) is 59.1 cm³/mol. The van der Waals surface area contributed by atoms with Crippen LogP contribution in [0.3, 0.4) is 0 Å². The summed E-state index contributed by atoms with van der Waals surface area (Å²) in [5.74, 6) is 2.05. The fraction of sp³-hybridized carbons (Fsp3) is 1.00. The van der Waals surface area contributed by atoms with Crippen LogP contribution in [0.2, 0.25) is 0 Å². The lowest BCUT2D eigenvalue weighted by atomic mass is 9.63. The van der Waals surface area contributed by atoms with E-state index in [2.05, 4.69) is 4.90 Å². The van der Waals surface area contributed by atoms with Crippen molar-refractivity contribution in [2.75, 3.05) is 13.1 Å². The molecular formula is C13H22NO. The van der Waals surface area contributed by atoms with Gasteiger partial charge in [-0.3, -0.25) is 4.90 Å². The standard InChI is InChI=1S/C13H22NO/c15-11-6-8-14(9-7-11)13-5-4-12(13)10-2-1-3-10/h10-13H,1-9H2. The average Bonchev–Trinajstić information content (AvgIpc) is 2.13. The molecule has 0 bridgehead atoms. The zero-order valence-electron chi connectivity index (χ0n) is 9.53. The fourth-order valence-electron chi connectivity index (χ4n) is 3.59. The van der Waals surface area contributed by atoms with Gasteiger partial charge in [0.2, 0.25) is 0 Å². The van der Waals surface area contributed by atoms with Gasteiger partial charge in [-0.1, -0.05) is 19.3 Å². The first kappa shape index (κ1) is 10.1. The Bertz CT molecular complexity index is 219. The number of piperidine rings is 1. The molecule has 2 aliphatic carbocycles. The molecule has 0 aromatic heterocycles. The minimum absolute atomic E-state index is 0.261. The summed E-state index contributed by atoms with van der Waals surface area (Å²) < 4.78 is 0. The Morgan fingerprint density at radius 1 is 0.867 bits per heavy atom. The third kappa shape index (κ3) is 1.83. The molecule has 2 heteroatoms. The van der Waals surface area contributed by atoms with Gasteiger partial charge in [0.05, 0.1) is 6.10 Å². The molecule has 1 aliphatic heterocycles. The summed E-state index contributed by atoms with van der Waals surface area (Å²) in [4.78, 5) is 2.63. The average molecular weight is 208 g/mol. The van der Waals surface area contributed by atoms with Gasteiger partial charge >= 0.3 is 0 Å². The van der Waals surface area contributed by atoms with Crippen molar-refractivity contribution in [2.24, 2.45) is 11.8 Å². The first-order valence-electron chi connectivity index (χ1n) is 6.74. The van der Waals surface area contributed by atoms with Crippen LogP contribution in [0.4, 0.5) is 0 Å². The van der Waals surface area contributed by atoms with Crippen LogP contribution >= 0.6 is 0 Å². The Morgan fingerprint density at radius 3 is 2.07 bits per heavy atom. The summed E-state index contributed by atoms with van der Waals surface area (Å²) >= 11 is 0. The molecule has 3 fully saturated rings. The molecule has 0 aromatic rings. The van der Waals surface area contributed by atoms with Crippen molar-refractivity contribution in [3.8, 4) is 0 Å². The highest BCUT2D eigenvalue weighted by atomic mass is 16.3. The summed E-state index contributed by atoms with van der Waals surface area (Å²) in [5.41, 5.74) is 0. The van der Waals surface area contributed by atoms with Gasteiger partial charge in [0, 0.05) is 19.1 Å². The highest BCUT2D eigenvalue weighted by Crippen LogP contribution is 2.46. The highest BCUT2D eigenvalue weighted by molar-refractivity contribution is 4.96. The Hall–Kier alpha value is -0.0800. The van der Waals surface area contributed by atoms with E-state index in [1.807, 2.05) is 0 Å². The van der Waals surface area contributed by atoms with E-state index in [0.29, 0.717) is 0 Å². The molecule has 2 saturated carbocycles. The van der Waals surface area contributed by atoms with Gasteiger partial charge in [-0.05, 0) is 37.5 Å². The summed E-state index contributed by atoms with van der Waals surface area (Å²) in [6.07, 6.45) is 8.84. The highest BCUT2D eigenvalue weighted by Gasteiger charge is 2.42. The van der Waals surface area contributed by atoms with Crippen molar-refractivity contribution < 1.29 is 5.11 Å². The van der Waals surface area contributed by atoms with Gasteiger partial charge in [-0.2, -0.15) is 0 Å². The van der Waals surface area contributed by atoms with Crippen LogP contribution in [-0.2, 0) is 5.11 Å². The SMILES string of the molecule is [O]C1CCN(C2CCC2C2CCC2)CC1. The minimum Gasteiger partial charge on any atom is -0.300 e. The maximum atomic E-state index is 11.3. The lowest BCUT2D eigenvalue weighted by Crippen LogP contribution is -2.53. The van der Waals surface area contributed by atoms with Crippen LogP contribution < -0.4 is 0 Å². The molecule has 3 aliphatic rings. The molecule has 1 saturated heterocycles. The predicted octanol–water partition coefficient (Wildman–Crippen LogP) is 2.46. The number of rotatable bonds is 2. The molecular weight excluding hydrogens is 186 g/mol. The second kappa shape index (κ2) is 4.06. The van der Waals surface area contributed by atoms with Crippen LogP contribution in [0.1, 0.15) is 44.9 Å². The van der Waals surface area contributed by atoms with Crippen LogP contribution in [0.5, 0.6) is 0 Å². The molecule has 15 heavy (non-hydrogen) atoms. The van der Waals surface area contributed by atoms with Crippen LogP contribution in [0.15, 0.2) is 0 Å². The lowest BCUT2D eigenvalue weighted by molar-refractivity contribution is -0.0414. The molecule has 2 nitrogen and oxygen atoms in total. The summed E-state index contributed by atoms with van der Waals surface area (Å²) in [5, 5.41) is 11.3. The number of nitrogens with zero attached hydrogens (tertiary/aromatic N) is 1. The van der Waals surface area contributed by atoms with E-state index in [1.165, 1.54) is 32.1 Å². The van der Waals surface area contributed by atoms with Crippen LogP contribution in [-0.4, -0.2) is 30.1 Å². The molecule has 1 radical (unpaired) electrons. The number of hydrogen-bond donors (Lipinski definition) is 0. The maximum Gasteiger partial charge on any atom is 0.0954 e. The van der Waals surface area contributed by atoms with Gasteiger partial charge in [0.1, 0.15) is 0 Å². The first-order chi connectivity index (χ1) is 7.34. The molecule has 2 atom stereocenters. The monoisotopic (exact) mass is 208 g/mol. The quantitative estimate of drug-likeness (QED) is 0.683. The zero-order valence-corrected chi connectivity index (χ0v) is 9.53. The van der Waals surface area contributed by atoms with Crippen molar-refractivity contribution in [3.63, 3.8) is 0 Å². The first-order valence-corrected chi connectivity index (χ1v) is 6.74. The second-order valence-corrected chi connectivity index (χ2v) is 5.73. The van der Waals surface area contributed by atoms with E-state index >= 15 is 0 Å². The van der Waals surface area contributed by atoms with Crippen molar-refractivity contribution in [3.05, 3.63) is 0 Å². The summed E-state index contributed by atoms with van der Waals surface area (Å²) in [6, 6.07) is 0.864. The third-order valence-electron chi connectivity index (χ3n) is 4.99. The van der Waals surface area contributed by atoms with Crippen LogP contribution in [0, 0.1) is 11.8 Å². The van der Waals surface area contributed by atoms with Crippen molar-refractivity contribution in [2.45, 2.75) is 57.1 Å². The number of likely N-dealkylation sites (tertiary alicyclic amines) is 1. The molecule has 0 spiro atoms. The molecule has 3 rings (SSSR count). The summed E-state index contributed by atoms with van der Waals surface area (Å²) in [6.45, 7) is 2.17. The van der Waals surface area contributed by atoms with E-state index in [1.54, 1.807) is 0 Å². The maximum absolute atomic E-state index is 11.3. The van der Waals surface area contributed by atoms with Crippen LogP contribution in [0.25, 0.3) is 0 Å². The second-order valence-electron chi connectivity index (χ2n) is 5.73. The topological polar surface area (TPSA) is 23.1 Å². The molecule has 0 amide bonds. The molecule has 2 unspecified atom stereocenters. The van der Waals surface area contributed by atoms with Crippen molar-refractivity contribution in [1.29, 1.82) is 0 Å². The van der Waals surface area contributed by atoms with Crippen molar-refractivity contribution >= 4 is 0 Å². The fourth-order valence-corrected chi connectivity index (χ4v) is 3.59. The van der Waals surface area contributed by atoms with Gasteiger partial charge in [-0.25, -0.2) is 5.11 Å². The van der Waals surface area contributed by atoms with Crippen molar-refractivity contribution in [1.82, 2.24) is 4.90 Å². The molecule has 1 heterocycles. The van der Waals surface area contributed by atoms with Gasteiger partial charge in [-0.15, -0.1) is 0 Å². The third-order valence-corrected chi connectivity index (χ3v) is 4.99. The molecule has 0 aromatic carbocycles.